The van der Waals surface area contributed by atoms with E-state index in [2.05, 4.69) is 15.2 Å². The van der Waals surface area contributed by atoms with Gasteiger partial charge in [0.25, 0.3) is 11.8 Å². The van der Waals surface area contributed by atoms with Crippen LogP contribution >= 0.6 is 11.3 Å². The highest BCUT2D eigenvalue weighted by Gasteiger charge is 2.23. The van der Waals surface area contributed by atoms with Gasteiger partial charge in [0.15, 0.2) is 0 Å². The molecule has 1 saturated heterocycles. The number of anilines is 2. The van der Waals surface area contributed by atoms with Crippen LogP contribution in [0.15, 0.2) is 60.1 Å². The second-order valence-electron chi connectivity index (χ2n) is 6.63. The monoisotopic (exact) mass is 410 g/mol. The molecule has 0 radical (unpaired) electrons. The zero-order valence-electron chi connectivity index (χ0n) is 15.5. The number of hydrogen-bond acceptors (Lipinski definition) is 5. The molecule has 3 heterocycles. The fraction of sp³-hybridized carbons (Fsp3) is 0.190. The quantitative estimate of drug-likeness (QED) is 0.715. The SMILES string of the molecule is O=C(Nc1ccc(N2CCN(C(=O)c3cccs3)CC2)nc1)c1cccc(F)c1. The van der Waals surface area contributed by atoms with Crippen molar-refractivity contribution in [1.82, 2.24) is 9.88 Å². The van der Waals surface area contributed by atoms with E-state index in [0.717, 1.165) is 10.7 Å². The molecule has 1 aromatic carbocycles. The fourth-order valence-electron chi connectivity index (χ4n) is 3.17. The molecule has 29 heavy (non-hydrogen) atoms. The minimum absolute atomic E-state index is 0.0722. The average molecular weight is 410 g/mol. The van der Waals surface area contributed by atoms with Gasteiger partial charge in [-0.1, -0.05) is 12.1 Å². The Hall–Kier alpha value is -3.26. The first kappa shape index (κ1) is 19.1. The summed E-state index contributed by atoms with van der Waals surface area (Å²) in [5.74, 6) is 0.0163. The molecule has 1 aliphatic rings. The van der Waals surface area contributed by atoms with Crippen LogP contribution in [-0.4, -0.2) is 47.9 Å². The summed E-state index contributed by atoms with van der Waals surface area (Å²) in [6, 6.07) is 12.9. The van der Waals surface area contributed by atoms with Crippen molar-refractivity contribution in [2.24, 2.45) is 0 Å². The van der Waals surface area contributed by atoms with Crippen LogP contribution in [0.25, 0.3) is 0 Å². The van der Waals surface area contributed by atoms with E-state index in [-0.39, 0.29) is 17.4 Å². The Bertz CT molecular complexity index is 1000. The Kier molecular flexibility index (Phi) is 5.53. The van der Waals surface area contributed by atoms with Crippen molar-refractivity contribution in [2.45, 2.75) is 0 Å². The summed E-state index contributed by atoms with van der Waals surface area (Å²) in [4.78, 5) is 33.8. The first-order valence-corrected chi connectivity index (χ1v) is 10.1. The molecule has 1 fully saturated rings. The molecule has 4 rings (SSSR count). The molecule has 0 aliphatic carbocycles. The minimum atomic E-state index is -0.456. The van der Waals surface area contributed by atoms with Crippen molar-refractivity contribution < 1.29 is 14.0 Å². The lowest BCUT2D eigenvalue weighted by Gasteiger charge is -2.35. The first-order valence-electron chi connectivity index (χ1n) is 9.21. The van der Waals surface area contributed by atoms with Crippen LogP contribution in [0.3, 0.4) is 0 Å². The van der Waals surface area contributed by atoms with E-state index < -0.39 is 5.82 Å². The third kappa shape index (κ3) is 4.43. The smallest absolute Gasteiger partial charge is 0.264 e. The van der Waals surface area contributed by atoms with Crippen molar-refractivity contribution in [3.8, 4) is 0 Å². The molecule has 6 nitrogen and oxygen atoms in total. The van der Waals surface area contributed by atoms with Gasteiger partial charge in [0.05, 0.1) is 16.8 Å². The molecule has 0 bridgehead atoms. The normalized spacial score (nSPS) is 14.0. The number of piperazine rings is 1. The van der Waals surface area contributed by atoms with Gasteiger partial charge in [-0.25, -0.2) is 9.37 Å². The van der Waals surface area contributed by atoms with Gasteiger partial charge in [-0.05, 0) is 41.8 Å². The van der Waals surface area contributed by atoms with Gasteiger partial charge >= 0.3 is 0 Å². The lowest BCUT2D eigenvalue weighted by molar-refractivity contribution is 0.0751. The molecule has 148 valence electrons. The van der Waals surface area contributed by atoms with E-state index >= 15 is 0 Å². The van der Waals surface area contributed by atoms with E-state index in [1.54, 1.807) is 18.3 Å². The van der Waals surface area contributed by atoms with Crippen LogP contribution < -0.4 is 10.2 Å². The maximum absolute atomic E-state index is 13.3. The third-order valence-corrected chi connectivity index (χ3v) is 5.57. The van der Waals surface area contributed by atoms with Crippen molar-refractivity contribution >= 4 is 34.7 Å². The summed E-state index contributed by atoms with van der Waals surface area (Å²) >= 11 is 1.45. The number of benzene rings is 1. The second kappa shape index (κ2) is 8.40. The van der Waals surface area contributed by atoms with Crippen molar-refractivity contribution in [3.05, 3.63) is 76.4 Å². The molecule has 2 aromatic heterocycles. The highest BCUT2D eigenvalue weighted by molar-refractivity contribution is 7.12. The van der Waals surface area contributed by atoms with Gasteiger partial charge in [0, 0.05) is 31.7 Å². The van der Waals surface area contributed by atoms with Crippen LogP contribution in [0.1, 0.15) is 20.0 Å². The summed E-state index contributed by atoms with van der Waals surface area (Å²) in [6.45, 7) is 2.66. The zero-order valence-corrected chi connectivity index (χ0v) is 16.4. The predicted molar refractivity (Wildman–Crippen MR) is 111 cm³/mol. The predicted octanol–water partition coefficient (Wildman–Crippen LogP) is 3.50. The molecule has 1 N–H and O–H groups in total. The largest absolute Gasteiger partial charge is 0.353 e. The van der Waals surface area contributed by atoms with E-state index in [1.165, 1.54) is 29.5 Å². The van der Waals surface area contributed by atoms with Gasteiger partial charge < -0.3 is 15.1 Å². The van der Waals surface area contributed by atoms with Gasteiger partial charge in [-0.3, -0.25) is 9.59 Å². The van der Waals surface area contributed by atoms with Crippen LogP contribution in [0, 0.1) is 5.82 Å². The molecule has 2 amide bonds. The number of rotatable bonds is 4. The molecule has 8 heteroatoms. The number of nitrogens with zero attached hydrogens (tertiary/aromatic N) is 3. The van der Waals surface area contributed by atoms with Crippen LogP contribution in [0.2, 0.25) is 0 Å². The molecule has 0 unspecified atom stereocenters. The second-order valence-corrected chi connectivity index (χ2v) is 7.57. The number of nitrogens with one attached hydrogen (secondary N) is 1. The zero-order chi connectivity index (χ0) is 20.2. The molecular weight excluding hydrogens is 391 g/mol. The number of aromatic nitrogens is 1. The summed E-state index contributed by atoms with van der Waals surface area (Å²) in [7, 11) is 0. The number of halogens is 1. The average Bonchev–Trinajstić information content (AvgIpc) is 3.29. The highest BCUT2D eigenvalue weighted by Crippen LogP contribution is 2.19. The number of carbonyl (C=O) groups is 2. The van der Waals surface area contributed by atoms with Gasteiger partial charge in [0.1, 0.15) is 11.6 Å². The maximum Gasteiger partial charge on any atom is 0.264 e. The Morgan fingerprint density at radius 2 is 1.86 bits per heavy atom. The van der Waals surface area contributed by atoms with E-state index in [9.17, 15) is 14.0 Å². The first-order chi connectivity index (χ1) is 14.1. The highest BCUT2D eigenvalue weighted by atomic mass is 32.1. The van der Waals surface area contributed by atoms with E-state index in [4.69, 9.17) is 0 Å². The van der Waals surface area contributed by atoms with Gasteiger partial charge in [-0.2, -0.15) is 0 Å². The lowest BCUT2D eigenvalue weighted by atomic mass is 10.2. The minimum Gasteiger partial charge on any atom is -0.353 e. The standard InChI is InChI=1S/C21H19FN4O2S/c22-16-4-1-3-15(13-16)20(27)24-17-6-7-19(23-14-17)25-8-10-26(11-9-25)21(28)18-5-2-12-29-18/h1-7,12-14H,8-11H2,(H,24,27). The molecule has 1 aliphatic heterocycles. The van der Waals surface area contributed by atoms with Crippen LogP contribution in [-0.2, 0) is 0 Å². The Morgan fingerprint density at radius 3 is 2.52 bits per heavy atom. The summed E-state index contributed by atoms with van der Waals surface area (Å²) in [5.41, 5.74) is 0.787. The van der Waals surface area contributed by atoms with Crippen LogP contribution in [0.5, 0.6) is 0 Å². The van der Waals surface area contributed by atoms with Crippen molar-refractivity contribution in [3.63, 3.8) is 0 Å². The molecule has 3 aromatic rings. The van der Waals surface area contributed by atoms with Crippen molar-refractivity contribution in [2.75, 3.05) is 36.4 Å². The Labute approximate surface area is 171 Å². The van der Waals surface area contributed by atoms with E-state index in [1.807, 2.05) is 28.5 Å². The summed E-state index contributed by atoms with van der Waals surface area (Å²) < 4.78 is 13.3. The van der Waals surface area contributed by atoms with Gasteiger partial charge in [-0.15, -0.1) is 11.3 Å². The van der Waals surface area contributed by atoms with Gasteiger partial charge in [0.2, 0.25) is 0 Å². The maximum atomic E-state index is 13.3. The molecule has 0 spiro atoms. The van der Waals surface area contributed by atoms with Crippen LogP contribution in [0.4, 0.5) is 15.9 Å². The molecular formula is C21H19FN4O2S. The Morgan fingerprint density at radius 1 is 1.03 bits per heavy atom. The summed E-state index contributed by atoms with van der Waals surface area (Å²) in [5, 5.41) is 4.62. The fourth-order valence-corrected chi connectivity index (χ4v) is 3.87. The van der Waals surface area contributed by atoms with Crippen molar-refractivity contribution in [1.29, 1.82) is 0 Å². The third-order valence-electron chi connectivity index (χ3n) is 4.72. The van der Waals surface area contributed by atoms with E-state index in [0.29, 0.717) is 31.9 Å². The summed E-state index contributed by atoms with van der Waals surface area (Å²) in [6.07, 6.45) is 1.58. The molecule has 0 saturated carbocycles. The number of thiophene rings is 1. The lowest BCUT2D eigenvalue weighted by Crippen LogP contribution is -2.48. The number of pyridine rings is 1. The number of amides is 2. The topological polar surface area (TPSA) is 65.5 Å². The number of hydrogen-bond donors (Lipinski definition) is 1. The number of carbonyl (C=O) groups excluding carboxylic acids is 2. The molecule has 0 atom stereocenters. The Balaban J connectivity index is 1.34.